The standard InChI is InChI=1S/C7H15NO2S/c1-5(11)8-6-4-10-3-2-7(6)9/h5-9,11H,2-4H2,1H3. The van der Waals surface area contributed by atoms with E-state index in [0.29, 0.717) is 13.2 Å². The molecular formula is C7H15NO2S. The molecule has 1 fully saturated rings. The van der Waals surface area contributed by atoms with Gasteiger partial charge < -0.3 is 9.84 Å². The Balaban J connectivity index is 2.29. The zero-order chi connectivity index (χ0) is 8.27. The summed E-state index contributed by atoms with van der Waals surface area (Å²) in [4.78, 5) is 0. The van der Waals surface area contributed by atoms with Crippen LogP contribution in [0.2, 0.25) is 0 Å². The molecule has 0 aliphatic carbocycles. The molecule has 0 amide bonds. The Morgan fingerprint density at radius 1 is 1.73 bits per heavy atom. The van der Waals surface area contributed by atoms with Gasteiger partial charge in [-0.1, -0.05) is 0 Å². The summed E-state index contributed by atoms with van der Waals surface area (Å²) in [5.74, 6) is 0. The summed E-state index contributed by atoms with van der Waals surface area (Å²) in [6.07, 6.45) is 0.441. The van der Waals surface area contributed by atoms with Crippen molar-refractivity contribution in [1.29, 1.82) is 0 Å². The summed E-state index contributed by atoms with van der Waals surface area (Å²) in [7, 11) is 0. The van der Waals surface area contributed by atoms with Crippen molar-refractivity contribution in [3.05, 3.63) is 0 Å². The van der Waals surface area contributed by atoms with Gasteiger partial charge in [0, 0.05) is 12.0 Å². The van der Waals surface area contributed by atoms with Crippen molar-refractivity contribution in [3.63, 3.8) is 0 Å². The summed E-state index contributed by atoms with van der Waals surface area (Å²) >= 11 is 4.17. The predicted molar refractivity (Wildman–Crippen MR) is 46.8 cm³/mol. The fourth-order valence-electron chi connectivity index (χ4n) is 1.20. The molecule has 1 rings (SSSR count). The van der Waals surface area contributed by atoms with Gasteiger partial charge in [-0.25, -0.2) is 0 Å². The lowest BCUT2D eigenvalue weighted by atomic mass is 10.1. The summed E-state index contributed by atoms with van der Waals surface area (Å²) in [6.45, 7) is 3.19. The topological polar surface area (TPSA) is 41.5 Å². The molecule has 0 radical (unpaired) electrons. The largest absolute Gasteiger partial charge is 0.391 e. The summed E-state index contributed by atoms with van der Waals surface area (Å²) < 4.78 is 5.20. The second-order valence-electron chi connectivity index (χ2n) is 2.88. The van der Waals surface area contributed by atoms with Gasteiger partial charge in [-0.15, -0.1) is 0 Å². The third-order valence-corrected chi connectivity index (χ3v) is 1.92. The van der Waals surface area contributed by atoms with Crippen molar-refractivity contribution in [3.8, 4) is 0 Å². The molecule has 3 nitrogen and oxygen atoms in total. The van der Waals surface area contributed by atoms with E-state index in [9.17, 15) is 5.11 Å². The minimum atomic E-state index is -0.279. The van der Waals surface area contributed by atoms with E-state index in [1.165, 1.54) is 0 Å². The average Bonchev–Trinajstić information content (AvgIpc) is 1.93. The van der Waals surface area contributed by atoms with Crippen molar-refractivity contribution in [1.82, 2.24) is 5.32 Å². The highest BCUT2D eigenvalue weighted by Gasteiger charge is 2.23. The van der Waals surface area contributed by atoms with Crippen LogP contribution in [-0.2, 0) is 4.74 Å². The maximum atomic E-state index is 9.44. The SMILES string of the molecule is CC(S)NC1COCCC1O. The maximum Gasteiger partial charge on any atom is 0.0738 e. The van der Waals surface area contributed by atoms with Crippen LogP contribution >= 0.6 is 12.6 Å². The number of rotatable bonds is 2. The Morgan fingerprint density at radius 2 is 2.45 bits per heavy atom. The van der Waals surface area contributed by atoms with Crippen molar-refractivity contribution in [2.75, 3.05) is 13.2 Å². The van der Waals surface area contributed by atoms with E-state index in [0.717, 1.165) is 6.42 Å². The molecule has 0 aromatic carbocycles. The molecule has 1 saturated heterocycles. The van der Waals surface area contributed by atoms with Gasteiger partial charge in [-0.2, -0.15) is 12.6 Å². The third kappa shape index (κ3) is 2.99. The molecular weight excluding hydrogens is 162 g/mol. The zero-order valence-electron chi connectivity index (χ0n) is 6.66. The molecule has 2 N–H and O–H groups in total. The highest BCUT2D eigenvalue weighted by atomic mass is 32.1. The second-order valence-corrected chi connectivity index (χ2v) is 3.65. The predicted octanol–water partition coefficient (Wildman–Crippen LogP) is 0.00160. The first-order valence-corrected chi connectivity index (χ1v) is 4.41. The highest BCUT2D eigenvalue weighted by molar-refractivity contribution is 7.80. The monoisotopic (exact) mass is 177 g/mol. The highest BCUT2D eigenvalue weighted by Crippen LogP contribution is 2.08. The van der Waals surface area contributed by atoms with Crippen LogP contribution in [0.25, 0.3) is 0 Å². The van der Waals surface area contributed by atoms with Gasteiger partial charge >= 0.3 is 0 Å². The van der Waals surface area contributed by atoms with E-state index >= 15 is 0 Å². The first-order chi connectivity index (χ1) is 5.20. The number of aliphatic hydroxyl groups excluding tert-OH is 1. The van der Waals surface area contributed by atoms with Crippen LogP contribution in [0.5, 0.6) is 0 Å². The molecule has 0 saturated carbocycles. The molecule has 3 atom stereocenters. The van der Waals surface area contributed by atoms with Gasteiger partial charge in [0.2, 0.25) is 0 Å². The fourth-order valence-corrected chi connectivity index (χ4v) is 1.39. The molecule has 0 spiro atoms. The molecule has 1 heterocycles. The van der Waals surface area contributed by atoms with E-state index in [-0.39, 0.29) is 17.5 Å². The fraction of sp³-hybridized carbons (Fsp3) is 1.00. The first kappa shape index (κ1) is 9.32. The number of nitrogens with one attached hydrogen (secondary N) is 1. The first-order valence-electron chi connectivity index (χ1n) is 3.90. The Morgan fingerprint density at radius 3 is 3.00 bits per heavy atom. The molecule has 3 unspecified atom stereocenters. The average molecular weight is 177 g/mol. The lowest BCUT2D eigenvalue weighted by molar-refractivity contribution is -0.0157. The van der Waals surface area contributed by atoms with Crippen LogP contribution < -0.4 is 5.32 Å². The van der Waals surface area contributed by atoms with E-state index < -0.39 is 0 Å². The van der Waals surface area contributed by atoms with Gasteiger partial charge in [0.1, 0.15) is 0 Å². The second kappa shape index (κ2) is 4.30. The Labute approximate surface area is 72.5 Å². The molecule has 0 aromatic heterocycles. The van der Waals surface area contributed by atoms with Crippen molar-refractivity contribution >= 4 is 12.6 Å². The number of thiol groups is 1. The number of hydrogen-bond acceptors (Lipinski definition) is 4. The van der Waals surface area contributed by atoms with E-state index in [1.807, 2.05) is 6.92 Å². The van der Waals surface area contributed by atoms with Crippen LogP contribution in [0.4, 0.5) is 0 Å². The lowest BCUT2D eigenvalue weighted by Gasteiger charge is -2.29. The van der Waals surface area contributed by atoms with Crippen LogP contribution in [0.1, 0.15) is 13.3 Å². The Bertz CT molecular complexity index is 121. The Hall–Kier alpha value is 0.230. The van der Waals surface area contributed by atoms with Gasteiger partial charge in [0.15, 0.2) is 0 Å². The van der Waals surface area contributed by atoms with Gasteiger partial charge in [-0.05, 0) is 13.3 Å². The number of aliphatic hydroxyl groups is 1. The van der Waals surface area contributed by atoms with E-state index in [1.54, 1.807) is 0 Å². The van der Waals surface area contributed by atoms with Gasteiger partial charge in [-0.3, -0.25) is 5.32 Å². The normalized spacial score (nSPS) is 35.2. The molecule has 66 valence electrons. The Kier molecular flexibility index (Phi) is 3.65. The number of hydrogen-bond donors (Lipinski definition) is 3. The minimum absolute atomic E-state index is 0.0521. The van der Waals surface area contributed by atoms with Crippen LogP contribution in [0.15, 0.2) is 0 Å². The van der Waals surface area contributed by atoms with Gasteiger partial charge in [0.05, 0.1) is 18.8 Å². The molecule has 4 heteroatoms. The zero-order valence-corrected chi connectivity index (χ0v) is 7.55. The van der Waals surface area contributed by atoms with Crippen LogP contribution in [0.3, 0.4) is 0 Å². The molecule has 11 heavy (non-hydrogen) atoms. The molecule has 1 aliphatic rings. The minimum Gasteiger partial charge on any atom is -0.391 e. The molecule has 1 aliphatic heterocycles. The van der Waals surface area contributed by atoms with E-state index in [4.69, 9.17) is 4.74 Å². The summed E-state index contributed by atoms with van der Waals surface area (Å²) in [6, 6.07) is 0.0521. The van der Waals surface area contributed by atoms with Crippen molar-refractivity contribution in [2.24, 2.45) is 0 Å². The van der Waals surface area contributed by atoms with Crippen LogP contribution in [-0.4, -0.2) is 35.8 Å². The van der Waals surface area contributed by atoms with E-state index in [2.05, 4.69) is 17.9 Å². The van der Waals surface area contributed by atoms with Gasteiger partial charge in [0.25, 0.3) is 0 Å². The molecule has 0 bridgehead atoms. The summed E-state index contributed by atoms with van der Waals surface area (Å²) in [5, 5.41) is 12.7. The smallest absolute Gasteiger partial charge is 0.0738 e. The van der Waals surface area contributed by atoms with Crippen LogP contribution in [0, 0.1) is 0 Å². The summed E-state index contributed by atoms with van der Waals surface area (Å²) in [5.41, 5.74) is 0. The maximum absolute atomic E-state index is 9.44. The third-order valence-electron chi connectivity index (χ3n) is 1.78. The quantitative estimate of drug-likeness (QED) is 0.411. The number of ether oxygens (including phenoxy) is 1. The molecule has 0 aromatic rings. The van der Waals surface area contributed by atoms with Crippen molar-refractivity contribution < 1.29 is 9.84 Å². The van der Waals surface area contributed by atoms with Crippen molar-refractivity contribution in [2.45, 2.75) is 30.9 Å². The lowest BCUT2D eigenvalue weighted by Crippen LogP contribution is -2.49.